The quantitative estimate of drug-likeness (QED) is 0.467. The summed E-state index contributed by atoms with van der Waals surface area (Å²) in [6.45, 7) is 3.07. The van der Waals surface area contributed by atoms with Gasteiger partial charge >= 0.3 is 5.97 Å². The third kappa shape index (κ3) is 4.08. The fourth-order valence-electron chi connectivity index (χ4n) is 1.83. The highest BCUT2D eigenvalue weighted by molar-refractivity contribution is 8.00. The molecule has 0 bridgehead atoms. The number of benzene rings is 1. The molecule has 0 fully saturated rings. The highest BCUT2D eigenvalue weighted by Crippen LogP contribution is 2.23. The molecule has 8 heteroatoms. The second-order valence-corrected chi connectivity index (χ2v) is 5.75. The summed E-state index contributed by atoms with van der Waals surface area (Å²) in [5, 5.41) is -0.208. The van der Waals surface area contributed by atoms with Gasteiger partial charge in [0.2, 0.25) is 5.50 Å². The summed E-state index contributed by atoms with van der Waals surface area (Å²) < 4.78 is 19.6. The second kappa shape index (κ2) is 7.87. The zero-order valence-corrected chi connectivity index (χ0v) is 13.9. The van der Waals surface area contributed by atoms with Crippen LogP contribution < -0.4 is 5.56 Å². The SMILES string of the molecule is CCOC(=O)C(F)Sc1nc(=O)c(C)cn1C(=O)c1ccccc1. The van der Waals surface area contributed by atoms with Crippen molar-refractivity contribution in [3.05, 3.63) is 58.0 Å². The predicted molar refractivity (Wildman–Crippen MR) is 86.8 cm³/mol. The van der Waals surface area contributed by atoms with Crippen LogP contribution >= 0.6 is 11.8 Å². The Hall–Kier alpha value is -2.48. The van der Waals surface area contributed by atoms with Crippen molar-refractivity contribution < 1.29 is 18.7 Å². The zero-order valence-electron chi connectivity index (χ0n) is 13.1. The number of ether oxygens (including phenoxy) is 1. The summed E-state index contributed by atoms with van der Waals surface area (Å²) in [6, 6.07) is 8.28. The Bertz CT molecular complexity index is 807. The van der Waals surface area contributed by atoms with Crippen LogP contribution in [-0.4, -0.2) is 33.5 Å². The number of hydrogen-bond acceptors (Lipinski definition) is 6. The summed E-state index contributed by atoms with van der Waals surface area (Å²) in [7, 11) is 0. The minimum atomic E-state index is -2.09. The number of rotatable bonds is 5. The normalized spacial score (nSPS) is 11.8. The molecule has 0 aliphatic carbocycles. The third-order valence-corrected chi connectivity index (χ3v) is 3.88. The number of aromatic nitrogens is 2. The Kier molecular flexibility index (Phi) is 5.86. The summed E-state index contributed by atoms with van der Waals surface area (Å²) in [4.78, 5) is 39.5. The topological polar surface area (TPSA) is 78.3 Å². The first-order valence-corrected chi connectivity index (χ1v) is 7.99. The molecule has 2 aromatic rings. The van der Waals surface area contributed by atoms with Crippen molar-refractivity contribution in [2.24, 2.45) is 0 Å². The molecule has 1 heterocycles. The first-order chi connectivity index (χ1) is 11.4. The maximum atomic E-state index is 14.0. The van der Waals surface area contributed by atoms with Crippen molar-refractivity contribution in [2.75, 3.05) is 6.61 Å². The largest absolute Gasteiger partial charge is 0.463 e. The Labute approximate surface area is 141 Å². The van der Waals surface area contributed by atoms with E-state index >= 15 is 0 Å². The molecule has 24 heavy (non-hydrogen) atoms. The molecule has 0 saturated heterocycles. The van der Waals surface area contributed by atoms with E-state index in [1.54, 1.807) is 37.3 Å². The van der Waals surface area contributed by atoms with Crippen LogP contribution in [0, 0.1) is 6.92 Å². The van der Waals surface area contributed by atoms with Gasteiger partial charge in [-0.15, -0.1) is 0 Å². The molecule has 2 rings (SSSR count). The number of carbonyl (C=O) groups is 2. The van der Waals surface area contributed by atoms with E-state index < -0.39 is 22.9 Å². The fourth-order valence-corrected chi connectivity index (χ4v) is 2.56. The fraction of sp³-hybridized carbons (Fsp3) is 0.250. The average molecular weight is 350 g/mol. The van der Waals surface area contributed by atoms with Gasteiger partial charge < -0.3 is 4.74 Å². The maximum Gasteiger partial charge on any atom is 0.351 e. The van der Waals surface area contributed by atoms with E-state index in [2.05, 4.69) is 9.72 Å². The van der Waals surface area contributed by atoms with Crippen molar-refractivity contribution in [1.29, 1.82) is 0 Å². The summed E-state index contributed by atoms with van der Waals surface area (Å²) in [6.07, 6.45) is 1.28. The minimum Gasteiger partial charge on any atom is -0.463 e. The highest BCUT2D eigenvalue weighted by atomic mass is 32.2. The second-order valence-electron chi connectivity index (χ2n) is 4.74. The van der Waals surface area contributed by atoms with Gasteiger partial charge in [-0.2, -0.15) is 4.98 Å². The summed E-state index contributed by atoms with van der Waals surface area (Å²) in [5.74, 6) is -1.57. The molecule has 0 N–H and O–H groups in total. The van der Waals surface area contributed by atoms with E-state index in [0.717, 1.165) is 4.57 Å². The molecule has 126 valence electrons. The molecule has 0 saturated carbocycles. The molecule has 0 radical (unpaired) electrons. The lowest BCUT2D eigenvalue weighted by molar-refractivity contribution is -0.145. The Morgan fingerprint density at radius 1 is 1.33 bits per heavy atom. The number of aryl methyl sites for hydroxylation is 1. The number of alkyl halides is 1. The molecule has 0 aliphatic heterocycles. The van der Waals surface area contributed by atoms with Crippen molar-refractivity contribution in [3.8, 4) is 0 Å². The van der Waals surface area contributed by atoms with Gasteiger partial charge in [0.1, 0.15) is 0 Å². The minimum absolute atomic E-state index is 0.0247. The van der Waals surface area contributed by atoms with E-state index in [1.807, 2.05) is 0 Å². The number of halogens is 1. The van der Waals surface area contributed by atoms with Crippen LogP contribution in [-0.2, 0) is 9.53 Å². The van der Waals surface area contributed by atoms with E-state index in [-0.39, 0.29) is 17.3 Å². The molecule has 6 nitrogen and oxygen atoms in total. The van der Waals surface area contributed by atoms with Crippen LogP contribution in [0.3, 0.4) is 0 Å². The predicted octanol–water partition coefficient (Wildman–Crippen LogP) is 2.19. The Balaban J connectivity index is 2.40. The monoisotopic (exact) mass is 350 g/mol. The van der Waals surface area contributed by atoms with Crippen LogP contribution in [0.25, 0.3) is 0 Å². The molecule has 0 spiro atoms. The molecule has 1 aromatic heterocycles. The van der Waals surface area contributed by atoms with Gasteiger partial charge in [0.15, 0.2) is 5.16 Å². The van der Waals surface area contributed by atoms with Crippen molar-refractivity contribution in [1.82, 2.24) is 9.55 Å². The third-order valence-electron chi connectivity index (χ3n) is 2.98. The molecule has 1 aromatic carbocycles. The van der Waals surface area contributed by atoms with Gasteiger partial charge in [0.05, 0.1) is 6.61 Å². The van der Waals surface area contributed by atoms with Gasteiger partial charge in [-0.1, -0.05) is 18.2 Å². The van der Waals surface area contributed by atoms with Gasteiger partial charge in [-0.3, -0.25) is 14.2 Å². The van der Waals surface area contributed by atoms with Gasteiger partial charge in [0, 0.05) is 17.3 Å². The van der Waals surface area contributed by atoms with Crippen LogP contribution in [0.5, 0.6) is 0 Å². The lowest BCUT2D eigenvalue weighted by Gasteiger charge is -2.13. The number of carbonyl (C=O) groups excluding carboxylic acids is 2. The van der Waals surface area contributed by atoms with E-state index in [1.165, 1.54) is 13.1 Å². The molecule has 0 amide bonds. The van der Waals surface area contributed by atoms with Crippen molar-refractivity contribution >= 4 is 23.6 Å². The highest BCUT2D eigenvalue weighted by Gasteiger charge is 2.24. The molecular weight excluding hydrogens is 335 g/mol. The van der Waals surface area contributed by atoms with Crippen LogP contribution in [0.15, 0.2) is 46.5 Å². The van der Waals surface area contributed by atoms with Crippen LogP contribution in [0.4, 0.5) is 4.39 Å². The van der Waals surface area contributed by atoms with E-state index in [9.17, 15) is 18.8 Å². The van der Waals surface area contributed by atoms with Crippen LogP contribution in [0.1, 0.15) is 22.8 Å². The van der Waals surface area contributed by atoms with Gasteiger partial charge in [-0.05, 0) is 37.7 Å². The number of esters is 1. The molecule has 1 unspecified atom stereocenters. The first kappa shape index (κ1) is 17.9. The average Bonchev–Trinajstić information content (AvgIpc) is 2.58. The van der Waals surface area contributed by atoms with Crippen molar-refractivity contribution in [3.63, 3.8) is 0 Å². The standard InChI is InChI=1S/C16H15FN2O4S/c1-3-23-15(22)12(17)24-16-18-13(20)10(2)9-19(16)14(21)11-7-5-4-6-8-11/h4-9,12H,3H2,1-2H3. The van der Waals surface area contributed by atoms with Crippen LogP contribution in [0.2, 0.25) is 0 Å². The number of nitrogens with zero attached hydrogens (tertiary/aromatic N) is 2. The summed E-state index contributed by atoms with van der Waals surface area (Å²) >= 11 is 0.354. The lowest BCUT2D eigenvalue weighted by atomic mass is 10.2. The maximum absolute atomic E-state index is 14.0. The van der Waals surface area contributed by atoms with E-state index in [4.69, 9.17) is 0 Å². The first-order valence-electron chi connectivity index (χ1n) is 7.11. The molecular formula is C16H15FN2O4S. The van der Waals surface area contributed by atoms with E-state index in [0.29, 0.717) is 17.3 Å². The number of hydrogen-bond donors (Lipinski definition) is 0. The Morgan fingerprint density at radius 2 is 2.00 bits per heavy atom. The Morgan fingerprint density at radius 3 is 2.62 bits per heavy atom. The molecule has 1 atom stereocenters. The zero-order chi connectivity index (χ0) is 17.7. The molecule has 0 aliphatic rings. The summed E-state index contributed by atoms with van der Waals surface area (Å²) in [5.41, 5.74) is -2.11. The van der Waals surface area contributed by atoms with Gasteiger partial charge in [0.25, 0.3) is 11.5 Å². The lowest BCUT2D eigenvalue weighted by Crippen LogP contribution is -2.24. The van der Waals surface area contributed by atoms with Gasteiger partial charge in [-0.25, -0.2) is 9.18 Å². The number of thioether (sulfide) groups is 1. The van der Waals surface area contributed by atoms with Crippen molar-refractivity contribution in [2.45, 2.75) is 24.5 Å². The smallest absolute Gasteiger partial charge is 0.351 e.